The zero-order chi connectivity index (χ0) is 19.4. The summed E-state index contributed by atoms with van der Waals surface area (Å²) in [5, 5.41) is 0.601. The van der Waals surface area contributed by atoms with E-state index in [1.807, 2.05) is 26.8 Å². The number of rotatable bonds is 5. The molecule has 26 heavy (non-hydrogen) atoms. The van der Waals surface area contributed by atoms with Gasteiger partial charge in [0.2, 0.25) is 10.0 Å². The first-order valence-corrected chi connectivity index (χ1v) is 11.3. The van der Waals surface area contributed by atoms with Gasteiger partial charge in [-0.3, -0.25) is 0 Å². The number of hydrogen-bond donors (Lipinski definition) is 1. The molecule has 0 spiro atoms. The van der Waals surface area contributed by atoms with Gasteiger partial charge in [0.25, 0.3) is 0 Å². The molecule has 1 N–H and O–H groups in total. The number of carbonyl (C=O) groups excluding carboxylic acids is 1. The molecule has 1 aliphatic heterocycles. The molecule has 2 rings (SSSR count). The van der Waals surface area contributed by atoms with Crippen molar-refractivity contribution < 1.29 is 17.9 Å². The van der Waals surface area contributed by atoms with Crippen molar-refractivity contribution in [2.24, 2.45) is 5.92 Å². The van der Waals surface area contributed by atoms with Crippen LogP contribution in [0.3, 0.4) is 0 Å². The molecule has 146 valence electrons. The van der Waals surface area contributed by atoms with E-state index in [0.29, 0.717) is 25.0 Å². The van der Waals surface area contributed by atoms with Gasteiger partial charge >= 0.3 is 6.09 Å². The van der Waals surface area contributed by atoms with Gasteiger partial charge in [-0.25, -0.2) is 17.9 Å². The molecule has 0 radical (unpaired) electrons. The van der Waals surface area contributed by atoms with Crippen LogP contribution in [-0.2, 0) is 20.1 Å². The maximum atomic E-state index is 12.5. The third-order valence-electron chi connectivity index (χ3n) is 4.10. The number of benzene rings is 1. The van der Waals surface area contributed by atoms with Crippen LogP contribution in [0.1, 0.15) is 39.2 Å². The second kappa shape index (κ2) is 8.71. The number of piperidine rings is 1. The van der Waals surface area contributed by atoms with Crippen molar-refractivity contribution in [3.05, 3.63) is 29.8 Å². The van der Waals surface area contributed by atoms with Gasteiger partial charge < -0.3 is 9.64 Å². The lowest BCUT2D eigenvalue weighted by Crippen LogP contribution is -2.45. The molecule has 0 saturated carbocycles. The summed E-state index contributed by atoms with van der Waals surface area (Å²) in [4.78, 5) is 14.1. The van der Waals surface area contributed by atoms with Crippen LogP contribution in [0.5, 0.6) is 0 Å². The average molecular weight is 447 g/mol. The van der Waals surface area contributed by atoms with Crippen LogP contribution in [0.25, 0.3) is 0 Å². The largest absolute Gasteiger partial charge is 0.444 e. The van der Waals surface area contributed by atoms with E-state index in [1.165, 1.54) is 0 Å². The monoisotopic (exact) mass is 446 g/mol. The Morgan fingerprint density at radius 1 is 1.38 bits per heavy atom. The molecule has 1 aromatic carbocycles. The summed E-state index contributed by atoms with van der Waals surface area (Å²) in [7, 11) is -3.56. The molecular weight excluding hydrogens is 420 g/mol. The van der Waals surface area contributed by atoms with E-state index in [-0.39, 0.29) is 16.9 Å². The zero-order valence-electron chi connectivity index (χ0n) is 15.5. The number of nitrogens with zero attached hydrogens (tertiary/aromatic N) is 1. The van der Waals surface area contributed by atoms with Crippen molar-refractivity contribution in [3.8, 4) is 0 Å². The summed E-state index contributed by atoms with van der Waals surface area (Å²) in [5.41, 5.74) is 0.369. The molecule has 1 heterocycles. The van der Waals surface area contributed by atoms with E-state index in [1.54, 1.807) is 23.1 Å². The van der Waals surface area contributed by atoms with Crippen molar-refractivity contribution in [3.63, 3.8) is 0 Å². The summed E-state index contributed by atoms with van der Waals surface area (Å²) in [6.07, 6.45) is 1.38. The Labute approximate surface area is 164 Å². The summed E-state index contributed by atoms with van der Waals surface area (Å²) in [5.74, 6) is 0.0744. The Morgan fingerprint density at radius 3 is 2.77 bits per heavy atom. The number of alkyl halides is 1. The minimum atomic E-state index is -3.56. The van der Waals surface area contributed by atoms with Crippen molar-refractivity contribution in [1.82, 2.24) is 9.62 Å². The summed E-state index contributed by atoms with van der Waals surface area (Å²) in [6.45, 7) is 6.95. The highest BCUT2D eigenvalue weighted by atomic mass is 79.9. The molecule has 0 aromatic heterocycles. The van der Waals surface area contributed by atoms with E-state index < -0.39 is 15.6 Å². The highest BCUT2D eigenvalue weighted by molar-refractivity contribution is 9.08. The first-order valence-electron chi connectivity index (χ1n) is 8.73. The number of nitrogens with one attached hydrogen (secondary N) is 1. The smallest absolute Gasteiger partial charge is 0.410 e. The fourth-order valence-electron chi connectivity index (χ4n) is 2.83. The van der Waals surface area contributed by atoms with Gasteiger partial charge in [0.05, 0.1) is 4.90 Å². The lowest BCUT2D eigenvalue weighted by atomic mass is 9.99. The minimum absolute atomic E-state index is 0.0744. The van der Waals surface area contributed by atoms with Crippen LogP contribution >= 0.6 is 15.9 Å². The summed E-state index contributed by atoms with van der Waals surface area (Å²) < 4.78 is 33.1. The van der Waals surface area contributed by atoms with Crippen molar-refractivity contribution in [2.45, 2.75) is 49.4 Å². The molecule has 1 fully saturated rings. The molecule has 1 saturated heterocycles. The van der Waals surface area contributed by atoms with Crippen molar-refractivity contribution in [1.29, 1.82) is 0 Å². The Balaban J connectivity index is 1.94. The number of hydrogen-bond acceptors (Lipinski definition) is 4. The zero-order valence-corrected chi connectivity index (χ0v) is 17.9. The number of halogens is 1. The SMILES string of the molecule is CC(C)(C)OC(=O)N1CCC[C@@H](CNS(=O)(=O)c2cccc(CBr)c2)C1. The van der Waals surface area contributed by atoms with Crippen LogP contribution < -0.4 is 4.72 Å². The topological polar surface area (TPSA) is 75.7 Å². The van der Waals surface area contributed by atoms with Crippen LogP contribution in [-0.4, -0.2) is 44.6 Å². The Hall–Kier alpha value is -1.12. The molecule has 8 heteroatoms. The first-order chi connectivity index (χ1) is 12.1. The normalized spacial score (nSPS) is 18.6. The third-order valence-corrected chi connectivity index (χ3v) is 6.16. The minimum Gasteiger partial charge on any atom is -0.444 e. The maximum absolute atomic E-state index is 12.5. The molecule has 1 aliphatic rings. The van der Waals surface area contributed by atoms with Crippen molar-refractivity contribution >= 4 is 32.0 Å². The van der Waals surface area contributed by atoms with E-state index >= 15 is 0 Å². The van der Waals surface area contributed by atoms with E-state index in [4.69, 9.17) is 4.74 Å². The molecule has 1 atom stereocenters. The molecule has 1 amide bonds. The Kier molecular flexibility index (Phi) is 7.10. The third kappa shape index (κ3) is 6.25. The molecule has 6 nitrogen and oxygen atoms in total. The highest BCUT2D eigenvalue weighted by Gasteiger charge is 2.28. The average Bonchev–Trinajstić information content (AvgIpc) is 2.59. The lowest BCUT2D eigenvalue weighted by Gasteiger charge is -2.34. The fourth-order valence-corrected chi connectivity index (χ4v) is 4.37. The Bertz CT molecular complexity index is 731. The van der Waals surface area contributed by atoms with Gasteiger partial charge in [-0.1, -0.05) is 28.1 Å². The van der Waals surface area contributed by atoms with Gasteiger partial charge in [-0.05, 0) is 57.2 Å². The van der Waals surface area contributed by atoms with Gasteiger partial charge in [-0.15, -0.1) is 0 Å². The molecule has 1 aromatic rings. The number of likely N-dealkylation sites (tertiary alicyclic amines) is 1. The standard InChI is InChI=1S/C18H27BrN2O4S/c1-18(2,3)25-17(22)21-9-5-7-15(13-21)12-20-26(23,24)16-8-4-6-14(10-16)11-19/h4,6,8,10,15,20H,5,7,9,11-13H2,1-3H3/t15-/m0/s1. The fraction of sp³-hybridized carbons (Fsp3) is 0.611. The summed E-state index contributed by atoms with van der Waals surface area (Å²) >= 11 is 3.34. The predicted molar refractivity (Wildman–Crippen MR) is 105 cm³/mol. The van der Waals surface area contributed by atoms with E-state index in [9.17, 15) is 13.2 Å². The van der Waals surface area contributed by atoms with E-state index in [0.717, 1.165) is 18.4 Å². The molecule has 0 aliphatic carbocycles. The van der Waals surface area contributed by atoms with Crippen LogP contribution in [0.15, 0.2) is 29.2 Å². The lowest BCUT2D eigenvalue weighted by molar-refractivity contribution is 0.0169. The maximum Gasteiger partial charge on any atom is 0.410 e. The Morgan fingerprint density at radius 2 is 2.12 bits per heavy atom. The quantitative estimate of drug-likeness (QED) is 0.701. The molecule has 0 unspecified atom stereocenters. The molecule has 0 bridgehead atoms. The first kappa shape index (κ1) is 21.2. The van der Waals surface area contributed by atoms with Crippen LogP contribution in [0.4, 0.5) is 4.79 Å². The van der Waals surface area contributed by atoms with Crippen LogP contribution in [0, 0.1) is 5.92 Å². The second-order valence-electron chi connectivity index (χ2n) is 7.57. The van der Waals surface area contributed by atoms with Gasteiger partial charge in [0.1, 0.15) is 5.60 Å². The number of carbonyl (C=O) groups is 1. The van der Waals surface area contributed by atoms with Crippen LogP contribution in [0.2, 0.25) is 0 Å². The molecular formula is C18H27BrN2O4S. The predicted octanol–water partition coefficient (Wildman–Crippen LogP) is 3.51. The van der Waals surface area contributed by atoms with E-state index in [2.05, 4.69) is 20.7 Å². The number of ether oxygens (including phenoxy) is 1. The van der Waals surface area contributed by atoms with Crippen molar-refractivity contribution in [2.75, 3.05) is 19.6 Å². The summed E-state index contributed by atoms with van der Waals surface area (Å²) in [6, 6.07) is 6.84. The van der Waals surface area contributed by atoms with Gasteiger partial charge in [0, 0.05) is 25.0 Å². The number of amides is 1. The van der Waals surface area contributed by atoms with Gasteiger partial charge in [0.15, 0.2) is 0 Å². The second-order valence-corrected chi connectivity index (χ2v) is 9.90. The highest BCUT2D eigenvalue weighted by Crippen LogP contribution is 2.20. The number of sulfonamides is 1. The van der Waals surface area contributed by atoms with Gasteiger partial charge in [-0.2, -0.15) is 0 Å².